The molecule has 0 aromatic heterocycles. The maximum absolute atomic E-state index is 14.4. The molecule has 3 aromatic rings. The first-order valence-electron chi connectivity index (χ1n) is 10.0. The molecule has 162 valence electrons. The Bertz CT molecular complexity index is 1370. The van der Waals surface area contributed by atoms with Crippen LogP contribution >= 0.6 is 0 Å². The lowest BCUT2D eigenvalue weighted by molar-refractivity contribution is -0.123. The minimum atomic E-state index is -4.25. The van der Waals surface area contributed by atoms with Crippen molar-refractivity contribution in [1.29, 1.82) is 0 Å². The van der Waals surface area contributed by atoms with Crippen LogP contribution < -0.4 is 9.80 Å². The van der Waals surface area contributed by atoms with Crippen LogP contribution in [0.25, 0.3) is 0 Å². The number of benzene rings is 3. The summed E-state index contributed by atoms with van der Waals surface area (Å²) in [5, 5.41) is 0. The molecule has 0 radical (unpaired) electrons. The number of fused-ring (bicyclic) bond motifs is 2. The highest BCUT2D eigenvalue weighted by Crippen LogP contribution is 2.52. The van der Waals surface area contributed by atoms with Crippen LogP contribution in [0.4, 0.5) is 15.8 Å². The SMILES string of the molecule is Cc1ccc(N2C(=O)CS(=O)(=O)[C@@]23C(=O)N(Cc2ccccc2F)c2ccccc23)cc1. The third-order valence-corrected chi connectivity index (χ3v) is 8.11. The summed E-state index contributed by atoms with van der Waals surface area (Å²) in [6.07, 6.45) is 0. The average Bonchev–Trinajstić information content (AvgIpc) is 3.13. The van der Waals surface area contributed by atoms with Gasteiger partial charge in [0.15, 0.2) is 9.84 Å². The highest BCUT2D eigenvalue weighted by Gasteiger charge is 2.69. The van der Waals surface area contributed by atoms with Crippen molar-refractivity contribution >= 4 is 33.0 Å². The number of carbonyl (C=O) groups is 2. The molecule has 32 heavy (non-hydrogen) atoms. The van der Waals surface area contributed by atoms with E-state index in [-0.39, 0.29) is 17.7 Å². The van der Waals surface area contributed by atoms with Gasteiger partial charge >= 0.3 is 0 Å². The number of sulfone groups is 1. The van der Waals surface area contributed by atoms with Gasteiger partial charge in [-0.3, -0.25) is 14.5 Å². The minimum Gasteiger partial charge on any atom is -0.304 e. The van der Waals surface area contributed by atoms with Crippen molar-refractivity contribution in [3.63, 3.8) is 0 Å². The first kappa shape index (κ1) is 20.4. The van der Waals surface area contributed by atoms with Crippen LogP contribution in [0, 0.1) is 12.7 Å². The van der Waals surface area contributed by atoms with Crippen LogP contribution in [0.5, 0.6) is 0 Å². The normalized spacial score (nSPS) is 21.4. The fourth-order valence-corrected chi connectivity index (χ4v) is 6.57. The zero-order chi connectivity index (χ0) is 22.7. The van der Waals surface area contributed by atoms with Gasteiger partial charge in [-0.05, 0) is 31.2 Å². The summed E-state index contributed by atoms with van der Waals surface area (Å²) in [6, 6.07) is 19.3. The number of rotatable bonds is 3. The molecule has 8 heteroatoms. The van der Waals surface area contributed by atoms with Gasteiger partial charge in [0.2, 0.25) is 5.91 Å². The number of amides is 2. The summed E-state index contributed by atoms with van der Waals surface area (Å²) < 4.78 is 41.4. The summed E-state index contributed by atoms with van der Waals surface area (Å²) in [7, 11) is -4.25. The van der Waals surface area contributed by atoms with Gasteiger partial charge in [0, 0.05) is 16.8 Å². The van der Waals surface area contributed by atoms with Crippen LogP contribution in [-0.4, -0.2) is 26.0 Å². The standard InChI is InChI=1S/C24H19FN2O4S/c1-16-10-12-18(13-11-16)27-22(28)15-32(30,31)24(27)19-7-3-5-9-21(19)26(23(24)29)14-17-6-2-4-8-20(17)25/h2-13H,14-15H2,1H3/t24-/m0/s1. The van der Waals surface area contributed by atoms with Gasteiger partial charge in [0.25, 0.3) is 10.8 Å². The molecule has 1 fully saturated rings. The number of nitrogens with zero attached hydrogens (tertiary/aromatic N) is 2. The Labute approximate surface area is 184 Å². The van der Waals surface area contributed by atoms with Crippen molar-refractivity contribution in [2.75, 3.05) is 15.6 Å². The van der Waals surface area contributed by atoms with Crippen molar-refractivity contribution in [3.05, 3.63) is 95.3 Å². The lowest BCUT2D eigenvalue weighted by atomic mass is 10.0. The zero-order valence-corrected chi connectivity index (χ0v) is 18.0. The molecule has 2 amide bonds. The van der Waals surface area contributed by atoms with Crippen molar-refractivity contribution in [2.45, 2.75) is 18.3 Å². The molecule has 0 saturated carbocycles. The van der Waals surface area contributed by atoms with E-state index < -0.39 is 38.1 Å². The van der Waals surface area contributed by atoms with Crippen molar-refractivity contribution < 1.29 is 22.4 Å². The lowest BCUT2D eigenvalue weighted by Crippen LogP contribution is -2.54. The summed E-state index contributed by atoms with van der Waals surface area (Å²) in [6.45, 7) is 1.71. The van der Waals surface area contributed by atoms with Crippen LogP contribution in [0.15, 0.2) is 72.8 Å². The number of hydrogen-bond acceptors (Lipinski definition) is 4. The second-order valence-electron chi connectivity index (χ2n) is 7.97. The molecule has 0 unspecified atom stereocenters. The number of aryl methyl sites for hydroxylation is 1. The summed E-state index contributed by atoms with van der Waals surface area (Å²) >= 11 is 0. The van der Waals surface area contributed by atoms with Gasteiger partial charge in [-0.1, -0.05) is 54.1 Å². The van der Waals surface area contributed by atoms with E-state index in [1.807, 2.05) is 6.92 Å². The van der Waals surface area contributed by atoms with E-state index in [2.05, 4.69) is 0 Å². The van der Waals surface area contributed by atoms with Crippen LogP contribution in [0.1, 0.15) is 16.7 Å². The topological polar surface area (TPSA) is 74.8 Å². The van der Waals surface area contributed by atoms with Crippen molar-refractivity contribution in [3.8, 4) is 0 Å². The lowest BCUT2D eigenvalue weighted by Gasteiger charge is -2.32. The van der Waals surface area contributed by atoms with Gasteiger partial charge in [-0.15, -0.1) is 0 Å². The number of halogens is 1. The Kier molecular flexibility index (Phi) is 4.46. The van der Waals surface area contributed by atoms with E-state index in [0.29, 0.717) is 11.4 Å². The molecule has 1 spiro atoms. The second-order valence-corrected chi connectivity index (χ2v) is 10.1. The molecule has 2 aliphatic rings. The largest absolute Gasteiger partial charge is 0.304 e. The summed E-state index contributed by atoms with van der Waals surface area (Å²) in [5.74, 6) is -2.74. The minimum absolute atomic E-state index is 0.157. The maximum Gasteiger partial charge on any atom is 0.274 e. The molecule has 2 aliphatic heterocycles. The molecule has 6 nitrogen and oxygen atoms in total. The fraction of sp³-hybridized carbons (Fsp3) is 0.167. The van der Waals surface area contributed by atoms with Crippen molar-refractivity contribution in [2.24, 2.45) is 0 Å². The number of carbonyl (C=O) groups excluding carboxylic acids is 2. The summed E-state index contributed by atoms with van der Waals surface area (Å²) in [4.78, 5) is 27.1. The van der Waals surface area contributed by atoms with E-state index >= 15 is 0 Å². The molecular formula is C24H19FN2O4S. The predicted molar refractivity (Wildman–Crippen MR) is 118 cm³/mol. The third kappa shape index (κ3) is 2.65. The van der Waals surface area contributed by atoms with Crippen LogP contribution in [-0.2, 0) is 30.8 Å². The Morgan fingerprint density at radius 1 is 0.938 bits per heavy atom. The number of para-hydroxylation sites is 1. The van der Waals surface area contributed by atoms with Crippen LogP contribution in [0.3, 0.4) is 0 Å². The number of hydrogen-bond donors (Lipinski definition) is 0. The number of anilines is 2. The molecule has 3 aromatic carbocycles. The molecule has 1 atom stereocenters. The smallest absolute Gasteiger partial charge is 0.274 e. The average molecular weight is 450 g/mol. The molecule has 2 heterocycles. The third-order valence-electron chi connectivity index (χ3n) is 6.00. The highest BCUT2D eigenvalue weighted by molar-refractivity contribution is 7.94. The van der Waals surface area contributed by atoms with Gasteiger partial charge in [-0.25, -0.2) is 12.8 Å². The molecule has 0 N–H and O–H groups in total. The molecule has 5 rings (SSSR count). The van der Waals surface area contributed by atoms with Gasteiger partial charge in [-0.2, -0.15) is 0 Å². The van der Waals surface area contributed by atoms with E-state index in [4.69, 9.17) is 0 Å². The van der Waals surface area contributed by atoms with Gasteiger partial charge in [0.05, 0.1) is 12.2 Å². The van der Waals surface area contributed by atoms with E-state index in [1.54, 1.807) is 66.7 Å². The summed E-state index contributed by atoms with van der Waals surface area (Å²) in [5.41, 5.74) is 2.04. The molecule has 1 saturated heterocycles. The first-order valence-corrected chi connectivity index (χ1v) is 11.7. The van der Waals surface area contributed by atoms with E-state index in [1.165, 1.54) is 11.0 Å². The Hall–Kier alpha value is -3.52. The first-order chi connectivity index (χ1) is 15.3. The monoisotopic (exact) mass is 450 g/mol. The van der Waals surface area contributed by atoms with E-state index in [0.717, 1.165) is 10.5 Å². The Morgan fingerprint density at radius 2 is 1.59 bits per heavy atom. The molecule has 0 aliphatic carbocycles. The second kappa shape index (κ2) is 7.00. The molecular weight excluding hydrogens is 431 g/mol. The predicted octanol–water partition coefficient (Wildman–Crippen LogP) is 3.30. The quantitative estimate of drug-likeness (QED) is 0.614. The maximum atomic E-state index is 14.4. The van der Waals surface area contributed by atoms with Gasteiger partial charge < -0.3 is 4.90 Å². The fourth-order valence-electron chi connectivity index (χ4n) is 4.54. The molecule has 0 bridgehead atoms. The highest BCUT2D eigenvalue weighted by atomic mass is 32.2. The van der Waals surface area contributed by atoms with E-state index in [9.17, 15) is 22.4 Å². The Morgan fingerprint density at radius 3 is 2.31 bits per heavy atom. The van der Waals surface area contributed by atoms with Crippen LogP contribution in [0.2, 0.25) is 0 Å². The van der Waals surface area contributed by atoms with Crippen molar-refractivity contribution in [1.82, 2.24) is 0 Å². The van der Waals surface area contributed by atoms with Gasteiger partial charge in [0.1, 0.15) is 11.6 Å². The Balaban J connectivity index is 1.74. The zero-order valence-electron chi connectivity index (χ0n) is 17.2.